The van der Waals surface area contributed by atoms with Gasteiger partial charge in [-0.15, -0.1) is 0 Å². The Bertz CT molecular complexity index is 255. The van der Waals surface area contributed by atoms with E-state index in [1.165, 1.54) is 0 Å². The van der Waals surface area contributed by atoms with Crippen LogP contribution in [0.5, 0.6) is 0 Å². The second kappa shape index (κ2) is 4.51. The van der Waals surface area contributed by atoms with E-state index in [9.17, 15) is 13.2 Å². The van der Waals surface area contributed by atoms with Gasteiger partial charge < -0.3 is 0 Å². The highest BCUT2D eigenvalue weighted by Gasteiger charge is 2.33. The maximum atomic E-state index is 12.3. The van der Waals surface area contributed by atoms with E-state index < -0.39 is 11.7 Å². The minimum absolute atomic E-state index is 0.381. The minimum atomic E-state index is -4.43. The van der Waals surface area contributed by atoms with E-state index in [0.717, 1.165) is 12.2 Å². The van der Waals surface area contributed by atoms with E-state index in [-0.39, 0.29) is 5.03 Å². The molecule has 0 unspecified atom stereocenters. The molecule has 74 valence electrons. The number of hydrogen-bond donors (Lipinski definition) is 0. The third kappa shape index (κ3) is 4.18. The third-order valence-corrected chi connectivity index (χ3v) is 1.53. The fourth-order valence-electron chi connectivity index (χ4n) is 0.685. The Hall–Kier alpha value is -0.700. The van der Waals surface area contributed by atoms with Crippen LogP contribution in [0.2, 0.25) is 0 Å². The summed E-state index contributed by atoms with van der Waals surface area (Å²) < 4.78 is 36.8. The summed E-state index contributed by atoms with van der Waals surface area (Å²) in [5.74, 6) is 0. The van der Waals surface area contributed by atoms with E-state index in [2.05, 4.69) is 6.58 Å². The minimum Gasteiger partial charge on any atom is -0.166 e. The molecule has 0 aliphatic heterocycles. The van der Waals surface area contributed by atoms with Gasteiger partial charge in [-0.3, -0.25) is 0 Å². The van der Waals surface area contributed by atoms with E-state index in [4.69, 9.17) is 11.6 Å². The Labute approximate surface area is 80.4 Å². The highest BCUT2D eigenvalue weighted by atomic mass is 35.5. The molecule has 0 heterocycles. The van der Waals surface area contributed by atoms with Crippen molar-refractivity contribution in [2.75, 3.05) is 0 Å². The van der Waals surface area contributed by atoms with Gasteiger partial charge in [0.1, 0.15) is 0 Å². The predicted octanol–water partition coefficient (Wildman–Crippen LogP) is 4.19. The van der Waals surface area contributed by atoms with Crippen LogP contribution in [0.15, 0.2) is 34.9 Å². The molecule has 0 N–H and O–H groups in total. The van der Waals surface area contributed by atoms with Crippen molar-refractivity contribution >= 4 is 11.6 Å². The van der Waals surface area contributed by atoms with Gasteiger partial charge in [0.2, 0.25) is 0 Å². The van der Waals surface area contributed by atoms with Crippen molar-refractivity contribution in [1.82, 2.24) is 0 Å². The van der Waals surface area contributed by atoms with Gasteiger partial charge in [-0.05, 0) is 19.9 Å². The summed E-state index contributed by atoms with van der Waals surface area (Å²) in [5.41, 5.74) is -0.323. The quantitative estimate of drug-likeness (QED) is 0.600. The normalized spacial score (nSPS) is 13.4. The molecule has 0 aromatic rings. The molecule has 0 nitrogen and oxygen atoms in total. The lowest BCUT2D eigenvalue weighted by molar-refractivity contribution is -0.0884. The van der Waals surface area contributed by atoms with Crippen LogP contribution in [-0.2, 0) is 0 Å². The topological polar surface area (TPSA) is 0 Å². The Morgan fingerprint density at radius 1 is 1.31 bits per heavy atom. The average Bonchev–Trinajstić information content (AvgIpc) is 1.96. The van der Waals surface area contributed by atoms with Crippen LogP contribution in [0.3, 0.4) is 0 Å². The molecular formula is C9H10ClF3. The summed E-state index contributed by atoms with van der Waals surface area (Å²) in [4.78, 5) is 0. The SMILES string of the molecule is C=C/C(Cl)=C(\C=C(C)C)C(F)(F)F. The molecule has 0 saturated heterocycles. The molecule has 0 atom stereocenters. The van der Waals surface area contributed by atoms with Crippen LogP contribution in [0.4, 0.5) is 13.2 Å². The molecule has 0 rings (SSSR count). The van der Waals surface area contributed by atoms with Crippen molar-refractivity contribution in [2.24, 2.45) is 0 Å². The molecule has 4 heteroatoms. The Kier molecular flexibility index (Phi) is 4.27. The van der Waals surface area contributed by atoms with Gasteiger partial charge in [0.25, 0.3) is 0 Å². The second-order valence-corrected chi connectivity index (χ2v) is 3.09. The zero-order valence-corrected chi connectivity index (χ0v) is 8.13. The second-order valence-electron chi connectivity index (χ2n) is 2.69. The summed E-state index contributed by atoms with van der Waals surface area (Å²) in [6, 6.07) is 0. The Morgan fingerprint density at radius 2 is 1.77 bits per heavy atom. The summed E-state index contributed by atoms with van der Waals surface area (Å²) >= 11 is 5.36. The first kappa shape index (κ1) is 12.3. The first-order valence-corrected chi connectivity index (χ1v) is 3.91. The van der Waals surface area contributed by atoms with Crippen molar-refractivity contribution < 1.29 is 13.2 Å². The first-order valence-electron chi connectivity index (χ1n) is 3.53. The molecule has 0 radical (unpaired) electrons. The zero-order chi connectivity index (χ0) is 10.6. The smallest absolute Gasteiger partial charge is 0.166 e. The van der Waals surface area contributed by atoms with Gasteiger partial charge in [-0.25, -0.2) is 0 Å². The number of rotatable bonds is 2. The number of allylic oxidation sites excluding steroid dienone is 5. The van der Waals surface area contributed by atoms with Crippen LogP contribution in [0.1, 0.15) is 13.8 Å². The highest BCUT2D eigenvalue weighted by Crippen LogP contribution is 2.31. The van der Waals surface area contributed by atoms with Crippen molar-refractivity contribution in [1.29, 1.82) is 0 Å². The van der Waals surface area contributed by atoms with E-state index in [0.29, 0.717) is 5.57 Å². The fourth-order valence-corrected chi connectivity index (χ4v) is 0.847. The van der Waals surface area contributed by atoms with Crippen molar-refractivity contribution in [3.05, 3.63) is 34.9 Å². The average molecular weight is 211 g/mol. The lowest BCUT2D eigenvalue weighted by Crippen LogP contribution is -2.11. The van der Waals surface area contributed by atoms with Crippen LogP contribution < -0.4 is 0 Å². The van der Waals surface area contributed by atoms with Gasteiger partial charge >= 0.3 is 6.18 Å². The molecule has 0 spiro atoms. The molecule has 0 aliphatic rings. The molecule has 0 bridgehead atoms. The Morgan fingerprint density at radius 3 is 2.00 bits per heavy atom. The first-order chi connectivity index (χ1) is 5.79. The fraction of sp³-hybridized carbons (Fsp3) is 0.333. The van der Waals surface area contributed by atoms with Crippen molar-refractivity contribution in [3.63, 3.8) is 0 Å². The highest BCUT2D eigenvalue weighted by molar-refractivity contribution is 6.31. The van der Waals surface area contributed by atoms with E-state index in [1.54, 1.807) is 13.8 Å². The zero-order valence-electron chi connectivity index (χ0n) is 7.37. The third-order valence-electron chi connectivity index (χ3n) is 1.17. The summed E-state index contributed by atoms with van der Waals surface area (Å²) in [6.07, 6.45) is -2.46. The van der Waals surface area contributed by atoms with Gasteiger partial charge in [-0.1, -0.05) is 29.8 Å². The lowest BCUT2D eigenvalue weighted by atomic mass is 10.1. The number of alkyl halides is 3. The standard InChI is InChI=1S/C9H10ClF3/c1-4-8(10)7(5-6(2)3)9(11,12)13/h4-5H,1H2,2-3H3/b8-7-. The van der Waals surface area contributed by atoms with Crippen LogP contribution in [-0.4, -0.2) is 6.18 Å². The molecule has 0 aliphatic carbocycles. The van der Waals surface area contributed by atoms with Crippen molar-refractivity contribution in [3.8, 4) is 0 Å². The number of hydrogen-bond acceptors (Lipinski definition) is 0. The Balaban J connectivity index is 5.24. The van der Waals surface area contributed by atoms with Gasteiger partial charge in [-0.2, -0.15) is 13.2 Å². The number of halogens is 4. The van der Waals surface area contributed by atoms with E-state index in [1.807, 2.05) is 0 Å². The van der Waals surface area contributed by atoms with Crippen LogP contribution >= 0.6 is 11.6 Å². The lowest BCUT2D eigenvalue weighted by Gasteiger charge is -2.09. The molecular weight excluding hydrogens is 201 g/mol. The molecule has 0 saturated carbocycles. The summed E-state index contributed by atoms with van der Waals surface area (Å²) in [6.45, 7) is 6.32. The van der Waals surface area contributed by atoms with Crippen molar-refractivity contribution in [2.45, 2.75) is 20.0 Å². The summed E-state index contributed by atoms with van der Waals surface area (Å²) in [7, 11) is 0. The maximum absolute atomic E-state index is 12.3. The van der Waals surface area contributed by atoms with Gasteiger partial charge in [0.05, 0.1) is 10.6 Å². The predicted molar refractivity (Wildman–Crippen MR) is 48.6 cm³/mol. The monoisotopic (exact) mass is 210 g/mol. The van der Waals surface area contributed by atoms with Crippen LogP contribution in [0, 0.1) is 0 Å². The van der Waals surface area contributed by atoms with Crippen LogP contribution in [0.25, 0.3) is 0 Å². The summed E-state index contributed by atoms with van der Waals surface area (Å²) in [5, 5.41) is -0.381. The maximum Gasteiger partial charge on any atom is 0.417 e. The van der Waals surface area contributed by atoms with Gasteiger partial charge in [0.15, 0.2) is 0 Å². The van der Waals surface area contributed by atoms with Gasteiger partial charge in [0, 0.05) is 0 Å². The van der Waals surface area contributed by atoms with E-state index >= 15 is 0 Å². The molecule has 0 aromatic heterocycles. The largest absolute Gasteiger partial charge is 0.417 e. The molecule has 13 heavy (non-hydrogen) atoms. The molecule has 0 aromatic carbocycles. The molecule has 0 fully saturated rings. The molecule has 0 amide bonds.